The Morgan fingerprint density at radius 2 is 2.00 bits per heavy atom. The molecule has 0 aromatic carbocycles. The van der Waals surface area contributed by atoms with E-state index in [2.05, 4.69) is 29.8 Å². The van der Waals surface area contributed by atoms with E-state index in [4.69, 9.17) is 14.3 Å². The Balaban J connectivity index is 1.56. The van der Waals surface area contributed by atoms with Gasteiger partial charge in [0.1, 0.15) is 24.1 Å². The van der Waals surface area contributed by atoms with Crippen molar-refractivity contribution in [3.05, 3.63) is 23.8 Å². The maximum atomic E-state index is 16.1. The summed E-state index contributed by atoms with van der Waals surface area (Å²) in [6.07, 6.45) is 4.76. The van der Waals surface area contributed by atoms with E-state index in [1.54, 1.807) is 11.1 Å². The van der Waals surface area contributed by atoms with Crippen LogP contribution in [0.1, 0.15) is 47.0 Å². The lowest BCUT2D eigenvalue weighted by atomic mass is 9.46. The minimum Gasteiger partial charge on any atom is -0.394 e. The van der Waals surface area contributed by atoms with E-state index in [1.807, 2.05) is 47.0 Å². The number of allylic oxidation sites excluding steroid dienone is 4. The Bertz CT molecular complexity index is 1080. The van der Waals surface area contributed by atoms with Crippen molar-refractivity contribution in [3.8, 4) is 0 Å². The second kappa shape index (κ2) is 9.58. The molecular weight excluding hydrogens is 509 g/mol. The second-order valence-corrected chi connectivity index (χ2v) is 13.1. The number of aliphatic hydroxyl groups is 2. The molecule has 38 heavy (non-hydrogen) atoms. The van der Waals surface area contributed by atoms with Crippen molar-refractivity contribution in [2.75, 3.05) is 33.1 Å². The highest BCUT2D eigenvalue weighted by Gasteiger charge is 2.76. The van der Waals surface area contributed by atoms with E-state index < -0.39 is 34.5 Å². The summed E-state index contributed by atoms with van der Waals surface area (Å²) in [6.45, 7) is 7.98. The van der Waals surface area contributed by atoms with Crippen molar-refractivity contribution in [3.63, 3.8) is 0 Å². The lowest BCUT2D eigenvalue weighted by Gasteiger charge is -2.60. The lowest BCUT2D eigenvalue weighted by Crippen LogP contribution is -2.64. The topological polar surface area (TPSA) is 96.1 Å². The third-order valence-electron chi connectivity index (χ3n) is 9.73. The summed E-state index contributed by atoms with van der Waals surface area (Å²) in [5, 5.41) is 32.9. The minimum absolute atomic E-state index is 0.00900. The molecule has 5 aliphatic rings. The number of rotatable bonds is 6. The monoisotopic (exact) mass is 551 g/mol. The van der Waals surface area contributed by atoms with Gasteiger partial charge in [0.2, 0.25) is 0 Å². The van der Waals surface area contributed by atoms with Crippen LogP contribution in [-0.2, 0) is 14.3 Å². The lowest BCUT2D eigenvalue weighted by molar-refractivity contribution is -0.211. The van der Waals surface area contributed by atoms with Crippen LogP contribution < -0.4 is 0 Å². The number of thiol groups is 1. The fourth-order valence-corrected chi connectivity index (χ4v) is 8.72. The highest BCUT2D eigenvalue weighted by atomic mass is 32.1. The molecule has 4 fully saturated rings. The number of alkyl halides is 1. The van der Waals surface area contributed by atoms with Gasteiger partial charge in [-0.1, -0.05) is 25.1 Å². The zero-order valence-corrected chi connectivity index (χ0v) is 24.1. The van der Waals surface area contributed by atoms with Crippen LogP contribution in [0.4, 0.5) is 4.39 Å². The smallest absolute Gasteiger partial charge is 0.164 e. The molecule has 1 heterocycles. The number of aliphatic hydroxyl groups excluding tert-OH is 2. The van der Waals surface area contributed by atoms with Gasteiger partial charge in [-0.05, 0) is 62.7 Å². The molecule has 0 bridgehead atoms. The Morgan fingerprint density at radius 3 is 2.66 bits per heavy atom. The molecule has 8 nitrogen and oxygen atoms in total. The first-order chi connectivity index (χ1) is 17.8. The molecule has 2 N–H and O–H groups in total. The van der Waals surface area contributed by atoms with Crippen LogP contribution in [0.2, 0.25) is 0 Å². The van der Waals surface area contributed by atoms with Crippen molar-refractivity contribution in [1.29, 1.82) is 0 Å². The van der Waals surface area contributed by atoms with E-state index in [9.17, 15) is 10.2 Å². The summed E-state index contributed by atoms with van der Waals surface area (Å²) in [6, 6.07) is 0. The SMILES string of the molecule is CN(C)N=C(CO)[C@@]12OC(C)(C)O[C@@H]1C[C@H]1[C@@H]3C[C@H](F)C4=C/C(=N/OCCS)C=C[C@]4(C)[C@H]3[C@@H](O)C[C@@]12C. The quantitative estimate of drug-likeness (QED) is 0.203. The third-order valence-corrected chi connectivity index (χ3v) is 9.92. The summed E-state index contributed by atoms with van der Waals surface area (Å²) >= 11 is 4.14. The molecule has 4 aliphatic carbocycles. The van der Waals surface area contributed by atoms with Gasteiger partial charge in [0.05, 0.1) is 24.5 Å². The van der Waals surface area contributed by atoms with Crippen LogP contribution in [0.3, 0.4) is 0 Å². The van der Waals surface area contributed by atoms with E-state index in [0.29, 0.717) is 48.6 Å². The number of fused-ring (bicyclic) bond motifs is 7. The fourth-order valence-electron chi connectivity index (χ4n) is 8.64. The van der Waals surface area contributed by atoms with Gasteiger partial charge in [0, 0.05) is 36.6 Å². The Labute approximate surface area is 230 Å². The fraction of sp³-hybridized carbons (Fsp3) is 0.786. The van der Waals surface area contributed by atoms with Crippen LogP contribution in [-0.4, -0.2) is 89.5 Å². The zero-order chi connectivity index (χ0) is 27.7. The predicted octanol–water partition coefficient (Wildman–Crippen LogP) is 3.36. The van der Waals surface area contributed by atoms with Gasteiger partial charge in [-0.2, -0.15) is 17.7 Å². The van der Waals surface area contributed by atoms with E-state index in [-0.39, 0.29) is 30.5 Å². The summed E-state index contributed by atoms with van der Waals surface area (Å²) < 4.78 is 29.3. The second-order valence-electron chi connectivity index (χ2n) is 12.6. The van der Waals surface area contributed by atoms with Gasteiger partial charge in [-0.15, -0.1) is 0 Å². The van der Waals surface area contributed by atoms with Crippen LogP contribution in [0.25, 0.3) is 0 Å². The van der Waals surface area contributed by atoms with Crippen LogP contribution in [0.15, 0.2) is 34.1 Å². The number of halogens is 1. The third kappa shape index (κ3) is 4.00. The average Bonchev–Trinajstić information content (AvgIpc) is 3.23. The van der Waals surface area contributed by atoms with Crippen molar-refractivity contribution in [1.82, 2.24) is 5.01 Å². The van der Waals surface area contributed by atoms with Crippen LogP contribution in [0.5, 0.6) is 0 Å². The minimum atomic E-state index is -1.18. The predicted molar refractivity (Wildman–Crippen MR) is 147 cm³/mol. The molecular formula is C28H42FN3O5S. The number of hydrazone groups is 1. The maximum absolute atomic E-state index is 16.1. The number of ether oxygens (including phenoxy) is 2. The van der Waals surface area contributed by atoms with Crippen molar-refractivity contribution < 1.29 is 28.9 Å². The van der Waals surface area contributed by atoms with Crippen molar-refractivity contribution in [2.45, 2.75) is 76.7 Å². The van der Waals surface area contributed by atoms with Gasteiger partial charge in [-0.25, -0.2) is 4.39 Å². The van der Waals surface area contributed by atoms with Gasteiger partial charge >= 0.3 is 0 Å². The molecule has 0 amide bonds. The van der Waals surface area contributed by atoms with Crippen LogP contribution >= 0.6 is 12.6 Å². The maximum Gasteiger partial charge on any atom is 0.164 e. The molecule has 0 spiro atoms. The van der Waals surface area contributed by atoms with Crippen molar-refractivity contribution >= 4 is 24.1 Å². The molecule has 5 rings (SSSR count). The molecule has 0 aromatic rings. The first-order valence-corrected chi connectivity index (χ1v) is 14.2. The van der Waals surface area contributed by atoms with Gasteiger partial charge in [0.15, 0.2) is 5.79 Å². The van der Waals surface area contributed by atoms with E-state index >= 15 is 4.39 Å². The molecule has 1 saturated heterocycles. The molecule has 10 heteroatoms. The highest BCUT2D eigenvalue weighted by molar-refractivity contribution is 7.80. The average molecular weight is 552 g/mol. The molecule has 212 valence electrons. The largest absolute Gasteiger partial charge is 0.394 e. The van der Waals surface area contributed by atoms with E-state index in [0.717, 1.165) is 0 Å². The van der Waals surface area contributed by atoms with Gasteiger partial charge in [-0.3, -0.25) is 0 Å². The standard InChI is InChI=1S/C28H42FN3O5S/c1-25(2)36-23-13-18-17-12-20(29)19-11-16(31-35-9-10-38)7-8-26(19,3)24(17)21(34)14-27(18,4)28(23,37-25)22(15-33)30-32(5)6/h7-8,11,17-18,20-21,23-24,33-34,38H,9-10,12-15H2,1-6H3/b30-22?,31-16+/t17-,18-,20-,21-,23+,24+,26-,27-,28+/m0/s1. The highest BCUT2D eigenvalue weighted by Crippen LogP contribution is 2.70. The zero-order valence-electron chi connectivity index (χ0n) is 23.2. The molecule has 1 aliphatic heterocycles. The molecule has 3 saturated carbocycles. The summed E-state index contributed by atoms with van der Waals surface area (Å²) in [5.74, 6) is -0.615. The number of hydrogen-bond acceptors (Lipinski definition) is 9. The normalized spacial score (nSPS) is 46.2. The first kappa shape index (κ1) is 28.1. The molecule has 9 atom stereocenters. The van der Waals surface area contributed by atoms with Gasteiger partial charge in [0.25, 0.3) is 0 Å². The first-order valence-electron chi connectivity index (χ1n) is 13.6. The summed E-state index contributed by atoms with van der Waals surface area (Å²) in [7, 11) is 3.62. The molecule has 0 aromatic heterocycles. The summed E-state index contributed by atoms with van der Waals surface area (Å²) in [4.78, 5) is 5.28. The molecule has 0 radical (unpaired) electrons. The summed E-state index contributed by atoms with van der Waals surface area (Å²) in [5.41, 5.74) is -0.596. The van der Waals surface area contributed by atoms with Crippen LogP contribution in [0, 0.1) is 28.6 Å². The van der Waals surface area contributed by atoms with Gasteiger partial charge < -0.3 is 29.5 Å². The molecule has 0 unspecified atom stereocenters. The number of oxime groups is 1. The number of nitrogens with zero attached hydrogens (tertiary/aromatic N) is 3. The Morgan fingerprint density at radius 1 is 1.26 bits per heavy atom. The number of hydrogen-bond donors (Lipinski definition) is 3. The van der Waals surface area contributed by atoms with E-state index in [1.165, 1.54) is 0 Å². The van der Waals surface area contributed by atoms with Crippen molar-refractivity contribution in [2.24, 2.45) is 38.8 Å². The Kier molecular flexibility index (Phi) is 7.08. The Hall–Kier alpha value is -1.46.